The molecule has 0 radical (unpaired) electrons. The van der Waals surface area contributed by atoms with Gasteiger partial charge >= 0.3 is 12.1 Å². The summed E-state index contributed by atoms with van der Waals surface area (Å²) < 4.78 is 4.86. The van der Waals surface area contributed by atoms with Gasteiger partial charge in [0, 0.05) is 11.9 Å². The van der Waals surface area contributed by atoms with Crippen LogP contribution in [0.1, 0.15) is 17.4 Å². The average Bonchev–Trinajstić information content (AvgIpc) is 2.77. The molecule has 0 saturated heterocycles. The fourth-order valence-corrected chi connectivity index (χ4v) is 1.89. The van der Waals surface area contributed by atoms with Crippen LogP contribution in [0.4, 0.5) is 9.93 Å². The second kappa shape index (κ2) is 6.00. The molecule has 0 fully saturated rings. The first-order valence-electron chi connectivity index (χ1n) is 4.84. The third-order valence-electron chi connectivity index (χ3n) is 1.80. The minimum absolute atomic E-state index is 0.0834. The van der Waals surface area contributed by atoms with Crippen molar-refractivity contribution in [1.82, 2.24) is 4.98 Å². The van der Waals surface area contributed by atoms with Crippen LogP contribution in [-0.4, -0.2) is 35.3 Å². The summed E-state index contributed by atoms with van der Waals surface area (Å²) in [5, 5.41) is 10.4. The molecule has 1 rings (SSSR count). The van der Waals surface area contributed by atoms with Crippen LogP contribution in [0.25, 0.3) is 0 Å². The second-order valence-electron chi connectivity index (χ2n) is 2.93. The van der Waals surface area contributed by atoms with Gasteiger partial charge in [0.15, 0.2) is 10.8 Å². The molecule has 0 unspecified atom stereocenters. The summed E-state index contributed by atoms with van der Waals surface area (Å²) in [6.45, 7) is 5.63. The number of amides is 1. The zero-order chi connectivity index (χ0) is 12.8. The van der Waals surface area contributed by atoms with Crippen LogP contribution in [0.2, 0.25) is 0 Å². The fraction of sp³-hybridized carbons (Fsp3) is 0.300. The van der Waals surface area contributed by atoms with Crippen molar-refractivity contribution in [2.45, 2.75) is 6.92 Å². The molecule has 1 amide bonds. The second-order valence-corrected chi connectivity index (χ2v) is 3.77. The summed E-state index contributed by atoms with van der Waals surface area (Å²) in [6.07, 6.45) is 0.884. The van der Waals surface area contributed by atoms with Crippen molar-refractivity contribution in [2.24, 2.45) is 0 Å². The molecule has 1 aromatic rings. The SMILES string of the molecule is C=CCOC(=O)N(CC)c1nc(C(=O)O)cs1. The quantitative estimate of drug-likeness (QED) is 0.815. The van der Waals surface area contributed by atoms with Gasteiger partial charge in [-0.2, -0.15) is 0 Å². The van der Waals surface area contributed by atoms with E-state index in [1.54, 1.807) is 6.92 Å². The number of hydrogen-bond donors (Lipinski definition) is 1. The Labute approximate surface area is 102 Å². The number of thiazole rings is 1. The van der Waals surface area contributed by atoms with Gasteiger partial charge < -0.3 is 9.84 Å². The number of aromatic nitrogens is 1. The lowest BCUT2D eigenvalue weighted by Crippen LogP contribution is -2.31. The molecule has 0 aliphatic heterocycles. The number of anilines is 1. The molecule has 0 atom stereocenters. The topological polar surface area (TPSA) is 79.7 Å². The Kier molecular flexibility index (Phi) is 4.65. The van der Waals surface area contributed by atoms with Crippen LogP contribution in [0.3, 0.4) is 0 Å². The number of nitrogens with zero attached hydrogens (tertiary/aromatic N) is 2. The highest BCUT2D eigenvalue weighted by Gasteiger charge is 2.19. The Morgan fingerprint density at radius 1 is 1.71 bits per heavy atom. The molecule has 1 heterocycles. The van der Waals surface area contributed by atoms with E-state index in [0.717, 1.165) is 11.3 Å². The molecule has 1 aromatic heterocycles. The Morgan fingerprint density at radius 2 is 2.41 bits per heavy atom. The van der Waals surface area contributed by atoms with E-state index in [1.807, 2.05) is 0 Å². The molecular weight excluding hydrogens is 244 g/mol. The number of carbonyl (C=O) groups excluding carboxylic acids is 1. The van der Waals surface area contributed by atoms with Crippen LogP contribution < -0.4 is 4.90 Å². The van der Waals surface area contributed by atoms with E-state index in [2.05, 4.69) is 11.6 Å². The Bertz CT molecular complexity index is 430. The molecule has 17 heavy (non-hydrogen) atoms. The van der Waals surface area contributed by atoms with E-state index in [9.17, 15) is 9.59 Å². The zero-order valence-electron chi connectivity index (χ0n) is 9.25. The third kappa shape index (κ3) is 3.28. The summed E-state index contributed by atoms with van der Waals surface area (Å²) in [5.74, 6) is -1.12. The van der Waals surface area contributed by atoms with Gasteiger partial charge in [-0.05, 0) is 6.92 Å². The molecule has 0 aliphatic carbocycles. The fourth-order valence-electron chi connectivity index (χ4n) is 1.04. The molecule has 0 saturated carbocycles. The van der Waals surface area contributed by atoms with Crippen molar-refractivity contribution < 1.29 is 19.4 Å². The minimum Gasteiger partial charge on any atom is -0.476 e. The van der Waals surface area contributed by atoms with Gasteiger partial charge in [0.25, 0.3) is 0 Å². The maximum Gasteiger partial charge on any atom is 0.416 e. The average molecular weight is 256 g/mol. The Morgan fingerprint density at radius 3 is 2.88 bits per heavy atom. The van der Waals surface area contributed by atoms with Gasteiger partial charge in [-0.3, -0.25) is 4.90 Å². The summed E-state index contributed by atoms with van der Waals surface area (Å²) in [5.41, 5.74) is -0.0834. The normalized spacial score (nSPS) is 9.71. The molecule has 0 spiro atoms. The number of carboxylic acid groups (broad SMARTS) is 1. The minimum atomic E-state index is -1.12. The zero-order valence-corrected chi connectivity index (χ0v) is 10.1. The molecule has 0 aromatic carbocycles. The van der Waals surface area contributed by atoms with Gasteiger partial charge in [0.2, 0.25) is 0 Å². The number of carbonyl (C=O) groups is 2. The van der Waals surface area contributed by atoms with Gasteiger partial charge in [-0.1, -0.05) is 12.7 Å². The van der Waals surface area contributed by atoms with Crippen molar-refractivity contribution in [3.05, 3.63) is 23.7 Å². The van der Waals surface area contributed by atoms with Gasteiger partial charge in [0.1, 0.15) is 6.61 Å². The molecule has 6 nitrogen and oxygen atoms in total. The largest absolute Gasteiger partial charge is 0.476 e. The highest BCUT2D eigenvalue weighted by molar-refractivity contribution is 7.14. The summed E-state index contributed by atoms with van der Waals surface area (Å²) in [7, 11) is 0. The van der Waals surface area contributed by atoms with Crippen LogP contribution >= 0.6 is 11.3 Å². The third-order valence-corrected chi connectivity index (χ3v) is 2.67. The Balaban J connectivity index is 2.81. The van der Waals surface area contributed by atoms with Gasteiger partial charge in [-0.15, -0.1) is 11.3 Å². The molecule has 1 N–H and O–H groups in total. The lowest BCUT2D eigenvalue weighted by atomic mass is 10.5. The monoisotopic (exact) mass is 256 g/mol. The molecule has 0 bridgehead atoms. The van der Waals surface area contributed by atoms with Crippen molar-refractivity contribution in [3.63, 3.8) is 0 Å². The predicted molar refractivity (Wildman–Crippen MR) is 63.6 cm³/mol. The van der Waals surface area contributed by atoms with Crippen molar-refractivity contribution in [3.8, 4) is 0 Å². The highest BCUT2D eigenvalue weighted by atomic mass is 32.1. The first-order chi connectivity index (χ1) is 8.10. The standard InChI is InChI=1S/C10H12N2O4S/c1-3-5-16-10(15)12(4-2)9-11-7(6-17-9)8(13)14/h3,6H,1,4-5H2,2H3,(H,13,14). The van der Waals surface area contributed by atoms with E-state index in [1.165, 1.54) is 16.4 Å². The van der Waals surface area contributed by atoms with E-state index in [-0.39, 0.29) is 12.3 Å². The van der Waals surface area contributed by atoms with Crippen LogP contribution in [0.5, 0.6) is 0 Å². The van der Waals surface area contributed by atoms with E-state index in [4.69, 9.17) is 9.84 Å². The van der Waals surface area contributed by atoms with Crippen LogP contribution in [0, 0.1) is 0 Å². The first kappa shape index (κ1) is 13.2. The smallest absolute Gasteiger partial charge is 0.416 e. The maximum atomic E-state index is 11.6. The van der Waals surface area contributed by atoms with Crippen LogP contribution in [-0.2, 0) is 4.74 Å². The summed E-state index contributed by atoms with van der Waals surface area (Å²) in [4.78, 5) is 27.3. The van der Waals surface area contributed by atoms with E-state index >= 15 is 0 Å². The number of hydrogen-bond acceptors (Lipinski definition) is 5. The van der Waals surface area contributed by atoms with Crippen molar-refractivity contribution >= 4 is 28.5 Å². The number of carboxylic acids is 1. The maximum absolute atomic E-state index is 11.6. The van der Waals surface area contributed by atoms with E-state index in [0.29, 0.717) is 11.7 Å². The number of aromatic carboxylic acids is 1. The molecule has 92 valence electrons. The highest BCUT2D eigenvalue weighted by Crippen LogP contribution is 2.21. The van der Waals surface area contributed by atoms with Gasteiger partial charge in [-0.25, -0.2) is 14.6 Å². The number of rotatable bonds is 5. The van der Waals surface area contributed by atoms with Crippen molar-refractivity contribution in [1.29, 1.82) is 0 Å². The lowest BCUT2D eigenvalue weighted by Gasteiger charge is -2.16. The van der Waals surface area contributed by atoms with Crippen molar-refractivity contribution in [2.75, 3.05) is 18.1 Å². The van der Waals surface area contributed by atoms with Gasteiger partial charge in [0.05, 0.1) is 0 Å². The number of ether oxygens (including phenoxy) is 1. The molecule has 7 heteroatoms. The predicted octanol–water partition coefficient (Wildman–Crippen LogP) is 1.99. The lowest BCUT2D eigenvalue weighted by molar-refractivity contribution is 0.0691. The first-order valence-corrected chi connectivity index (χ1v) is 5.72. The molecule has 0 aliphatic rings. The van der Waals surface area contributed by atoms with Crippen LogP contribution in [0.15, 0.2) is 18.0 Å². The summed E-state index contributed by atoms with van der Waals surface area (Å²) in [6, 6.07) is 0. The van der Waals surface area contributed by atoms with E-state index < -0.39 is 12.1 Å². The Hall–Kier alpha value is -1.89. The summed E-state index contributed by atoms with van der Waals surface area (Å²) >= 11 is 1.08. The molecular formula is C10H12N2O4S.